The van der Waals surface area contributed by atoms with Gasteiger partial charge in [0.05, 0.1) is 0 Å². The lowest BCUT2D eigenvalue weighted by Crippen LogP contribution is -1.75. The Morgan fingerprint density at radius 3 is 2.00 bits per heavy atom. The highest BCUT2D eigenvalue weighted by Crippen LogP contribution is 2.05. The summed E-state index contributed by atoms with van der Waals surface area (Å²) in [6, 6.07) is 0. The lowest BCUT2D eigenvalue weighted by Gasteiger charge is -1.95. The lowest BCUT2D eigenvalue weighted by molar-refractivity contribution is -0.104. The van der Waals surface area contributed by atoms with Crippen molar-refractivity contribution in [3.63, 3.8) is 0 Å². The quantitative estimate of drug-likeness (QED) is 0.224. The molecule has 0 aromatic rings. The Labute approximate surface area is 94.3 Å². The smallest absolute Gasteiger partial charge is 0.142 e. The average Bonchev–Trinajstić information content (AvgIpc) is 2.26. The van der Waals surface area contributed by atoms with Gasteiger partial charge in [-0.25, -0.2) is 0 Å². The first kappa shape index (κ1) is 14.2. The summed E-state index contributed by atoms with van der Waals surface area (Å²) in [6.07, 6.45) is 18.8. The van der Waals surface area contributed by atoms with Crippen LogP contribution in [0.4, 0.5) is 0 Å². The highest BCUT2D eigenvalue weighted by molar-refractivity contribution is 5.64. The van der Waals surface area contributed by atoms with Gasteiger partial charge in [-0.3, -0.25) is 4.79 Å². The van der Waals surface area contributed by atoms with E-state index in [2.05, 4.69) is 19.1 Å². The Kier molecular flexibility index (Phi) is 12.4. The second-order valence-corrected chi connectivity index (χ2v) is 3.82. The van der Waals surface area contributed by atoms with Crippen molar-refractivity contribution in [1.82, 2.24) is 0 Å². The maximum absolute atomic E-state index is 9.97. The molecule has 0 atom stereocenters. The van der Waals surface area contributed by atoms with Crippen LogP contribution < -0.4 is 0 Å². The normalized spacial score (nSPS) is 11.5. The van der Waals surface area contributed by atoms with Crippen LogP contribution in [0.3, 0.4) is 0 Å². The van der Waals surface area contributed by atoms with Gasteiger partial charge in [0.1, 0.15) is 6.29 Å². The fourth-order valence-electron chi connectivity index (χ4n) is 1.41. The van der Waals surface area contributed by atoms with Crippen LogP contribution in [-0.2, 0) is 4.79 Å². The van der Waals surface area contributed by atoms with Crippen molar-refractivity contribution < 1.29 is 4.79 Å². The number of aldehydes is 1. The van der Waals surface area contributed by atoms with Gasteiger partial charge in [-0.05, 0) is 38.2 Å². The summed E-state index contributed by atoms with van der Waals surface area (Å²) in [5, 5.41) is 0. The van der Waals surface area contributed by atoms with Crippen LogP contribution in [0.15, 0.2) is 24.3 Å². The van der Waals surface area contributed by atoms with E-state index in [0.717, 1.165) is 12.7 Å². The van der Waals surface area contributed by atoms with Gasteiger partial charge in [-0.2, -0.15) is 0 Å². The second kappa shape index (κ2) is 13.2. The van der Waals surface area contributed by atoms with Gasteiger partial charge in [0.25, 0.3) is 0 Å². The number of rotatable bonds is 10. The molecule has 1 heteroatoms. The Hall–Kier alpha value is -0.850. The van der Waals surface area contributed by atoms with E-state index in [9.17, 15) is 4.79 Å². The first-order valence-electron chi connectivity index (χ1n) is 6.17. The number of hydrogen-bond donors (Lipinski definition) is 0. The van der Waals surface area contributed by atoms with Crippen LogP contribution in [0.2, 0.25) is 0 Å². The molecule has 0 saturated carbocycles. The van der Waals surface area contributed by atoms with Gasteiger partial charge in [-0.15, -0.1) is 0 Å². The predicted molar refractivity (Wildman–Crippen MR) is 67.0 cm³/mol. The molecule has 15 heavy (non-hydrogen) atoms. The Morgan fingerprint density at radius 1 is 0.800 bits per heavy atom. The molecule has 0 rings (SSSR count). The van der Waals surface area contributed by atoms with Crippen LogP contribution in [0, 0.1) is 0 Å². The van der Waals surface area contributed by atoms with Crippen LogP contribution >= 0.6 is 0 Å². The molecule has 0 saturated heterocycles. The molecule has 0 bridgehead atoms. The summed E-state index contributed by atoms with van der Waals surface area (Å²) in [5.41, 5.74) is 0. The van der Waals surface area contributed by atoms with Crippen LogP contribution in [0.5, 0.6) is 0 Å². The fourth-order valence-corrected chi connectivity index (χ4v) is 1.41. The molecule has 0 aromatic carbocycles. The summed E-state index contributed by atoms with van der Waals surface area (Å²) < 4.78 is 0. The van der Waals surface area contributed by atoms with Gasteiger partial charge in [-0.1, -0.05) is 44.4 Å². The second-order valence-electron chi connectivity index (χ2n) is 3.82. The topological polar surface area (TPSA) is 17.1 Å². The maximum Gasteiger partial charge on any atom is 0.142 e. The molecule has 0 amide bonds. The van der Waals surface area contributed by atoms with Crippen LogP contribution in [0.25, 0.3) is 0 Å². The zero-order valence-electron chi connectivity index (χ0n) is 9.95. The Bertz CT molecular complexity index is 180. The van der Waals surface area contributed by atoms with Crippen molar-refractivity contribution in [2.45, 2.75) is 58.3 Å². The molecule has 0 aromatic heterocycles. The summed E-state index contributed by atoms with van der Waals surface area (Å²) in [7, 11) is 0. The number of unbranched alkanes of at least 4 members (excludes halogenated alkanes) is 6. The Balaban J connectivity index is 3.07. The predicted octanol–water partition coefficient (Wildman–Crippen LogP) is 4.44. The highest BCUT2D eigenvalue weighted by atomic mass is 16.1. The third-order valence-corrected chi connectivity index (χ3v) is 2.35. The van der Waals surface area contributed by atoms with Crippen molar-refractivity contribution in [3.05, 3.63) is 24.3 Å². The van der Waals surface area contributed by atoms with Gasteiger partial charge in [0.15, 0.2) is 0 Å². The zero-order chi connectivity index (χ0) is 11.2. The third-order valence-electron chi connectivity index (χ3n) is 2.35. The van der Waals surface area contributed by atoms with Gasteiger partial charge < -0.3 is 0 Å². The Morgan fingerprint density at radius 2 is 1.40 bits per heavy atom. The molecule has 0 aliphatic heterocycles. The van der Waals surface area contributed by atoms with E-state index in [1.54, 1.807) is 6.08 Å². The standard InChI is InChI=1S/C14H24O/c1-2-3-4-5-6-7-8-9-10-11-12-13-14-15/h5-6,12-14H,2-4,7-11H2,1H3. The van der Waals surface area contributed by atoms with Crippen LogP contribution in [-0.4, -0.2) is 6.29 Å². The largest absolute Gasteiger partial charge is 0.299 e. The molecule has 86 valence electrons. The van der Waals surface area contributed by atoms with Gasteiger partial charge in [0, 0.05) is 0 Å². The van der Waals surface area contributed by atoms with Crippen molar-refractivity contribution in [2.24, 2.45) is 0 Å². The molecule has 0 fully saturated rings. The van der Waals surface area contributed by atoms with Gasteiger partial charge in [0.2, 0.25) is 0 Å². The van der Waals surface area contributed by atoms with E-state index in [1.807, 2.05) is 6.08 Å². The van der Waals surface area contributed by atoms with Crippen molar-refractivity contribution in [1.29, 1.82) is 0 Å². The fraction of sp³-hybridized carbons (Fsp3) is 0.643. The van der Waals surface area contributed by atoms with Crippen LogP contribution in [0.1, 0.15) is 58.3 Å². The van der Waals surface area contributed by atoms with E-state index in [-0.39, 0.29) is 0 Å². The molecular weight excluding hydrogens is 184 g/mol. The van der Waals surface area contributed by atoms with E-state index in [4.69, 9.17) is 0 Å². The molecule has 0 heterocycles. The number of carbonyl (C=O) groups is 1. The van der Waals surface area contributed by atoms with E-state index in [0.29, 0.717) is 0 Å². The third kappa shape index (κ3) is 13.2. The minimum absolute atomic E-state index is 0.844. The van der Waals surface area contributed by atoms with E-state index >= 15 is 0 Å². The summed E-state index contributed by atoms with van der Waals surface area (Å²) in [5.74, 6) is 0. The van der Waals surface area contributed by atoms with Gasteiger partial charge >= 0.3 is 0 Å². The van der Waals surface area contributed by atoms with E-state index < -0.39 is 0 Å². The summed E-state index contributed by atoms with van der Waals surface area (Å²) in [6.45, 7) is 2.22. The molecule has 0 unspecified atom stereocenters. The average molecular weight is 208 g/mol. The highest BCUT2D eigenvalue weighted by Gasteiger charge is 1.85. The number of hydrogen-bond acceptors (Lipinski definition) is 1. The minimum Gasteiger partial charge on any atom is -0.299 e. The molecular formula is C14H24O. The molecule has 0 aliphatic rings. The lowest BCUT2D eigenvalue weighted by atomic mass is 10.1. The minimum atomic E-state index is 0.844. The first-order chi connectivity index (χ1) is 7.41. The molecule has 0 radical (unpaired) electrons. The molecule has 1 nitrogen and oxygen atoms in total. The monoisotopic (exact) mass is 208 g/mol. The SMILES string of the molecule is CCCCC=CCCCCCC=CC=O. The number of carbonyl (C=O) groups excluding carboxylic acids is 1. The summed E-state index contributed by atoms with van der Waals surface area (Å²) >= 11 is 0. The zero-order valence-corrected chi connectivity index (χ0v) is 9.95. The van der Waals surface area contributed by atoms with Crippen molar-refractivity contribution in [2.75, 3.05) is 0 Å². The van der Waals surface area contributed by atoms with Crippen molar-refractivity contribution >= 4 is 6.29 Å². The maximum atomic E-state index is 9.97. The molecule has 0 aliphatic carbocycles. The molecule has 0 spiro atoms. The summed E-state index contributed by atoms with van der Waals surface area (Å²) in [4.78, 5) is 9.97. The van der Waals surface area contributed by atoms with E-state index in [1.165, 1.54) is 44.9 Å². The molecule has 0 N–H and O–H groups in total. The van der Waals surface area contributed by atoms with Crippen molar-refractivity contribution in [3.8, 4) is 0 Å². The number of allylic oxidation sites excluding steroid dienone is 4. The first-order valence-corrected chi connectivity index (χ1v) is 6.17.